The summed E-state index contributed by atoms with van der Waals surface area (Å²) in [5.41, 5.74) is 2.29. The van der Waals surface area contributed by atoms with Crippen molar-refractivity contribution in [3.05, 3.63) is 89.5 Å². The molecule has 0 aliphatic carbocycles. The third kappa shape index (κ3) is 3.93. The van der Waals surface area contributed by atoms with E-state index in [0.29, 0.717) is 23.5 Å². The molecule has 1 fully saturated rings. The quantitative estimate of drug-likeness (QED) is 0.234. The van der Waals surface area contributed by atoms with E-state index in [1.165, 1.54) is 18.3 Å². The predicted octanol–water partition coefficient (Wildman–Crippen LogP) is 4.44. The van der Waals surface area contributed by atoms with Gasteiger partial charge in [-0.05, 0) is 54.4 Å². The van der Waals surface area contributed by atoms with Crippen molar-refractivity contribution < 1.29 is 28.6 Å². The van der Waals surface area contributed by atoms with Crippen LogP contribution in [0, 0.1) is 0 Å². The molecular formula is C27H24N2O6. The maximum Gasteiger partial charge on any atom is 0.295 e. The standard InChI is InChI=1S/C27H24N2O6/c1-33-18-6-3-5-16(13-18)25(30)23-24(22-7-4-12-35-22)29(27(32)26(23)31)11-10-17-15-28-21-9-8-19(34-2)14-20(17)21/h3-9,12-15,24,28,30H,10-11H2,1-2H3/b25-23-. The van der Waals surface area contributed by atoms with Gasteiger partial charge < -0.3 is 28.9 Å². The van der Waals surface area contributed by atoms with Crippen molar-refractivity contribution in [1.82, 2.24) is 9.88 Å². The molecule has 1 unspecified atom stereocenters. The van der Waals surface area contributed by atoms with Gasteiger partial charge in [-0.25, -0.2) is 0 Å². The van der Waals surface area contributed by atoms with Crippen molar-refractivity contribution in [1.29, 1.82) is 0 Å². The number of H-pyrrole nitrogens is 1. The van der Waals surface area contributed by atoms with E-state index >= 15 is 0 Å². The van der Waals surface area contributed by atoms with Crippen molar-refractivity contribution in [2.24, 2.45) is 0 Å². The maximum atomic E-state index is 13.1. The van der Waals surface area contributed by atoms with Crippen LogP contribution >= 0.6 is 0 Å². The van der Waals surface area contributed by atoms with E-state index in [1.807, 2.05) is 24.4 Å². The summed E-state index contributed by atoms with van der Waals surface area (Å²) >= 11 is 0. The lowest BCUT2D eigenvalue weighted by molar-refractivity contribution is -0.140. The summed E-state index contributed by atoms with van der Waals surface area (Å²) in [6, 6.07) is 15.0. The van der Waals surface area contributed by atoms with Gasteiger partial charge in [0, 0.05) is 29.2 Å². The van der Waals surface area contributed by atoms with Crippen LogP contribution in [-0.4, -0.2) is 47.4 Å². The molecule has 0 spiro atoms. The van der Waals surface area contributed by atoms with E-state index in [-0.39, 0.29) is 17.9 Å². The number of carbonyl (C=O) groups is 2. The van der Waals surface area contributed by atoms with Gasteiger partial charge in [0.05, 0.1) is 26.1 Å². The van der Waals surface area contributed by atoms with Gasteiger partial charge in [-0.2, -0.15) is 0 Å². The van der Waals surface area contributed by atoms with Gasteiger partial charge in [0.2, 0.25) is 0 Å². The zero-order valence-electron chi connectivity index (χ0n) is 19.3. The fourth-order valence-corrected chi connectivity index (χ4v) is 4.51. The van der Waals surface area contributed by atoms with Crippen LogP contribution < -0.4 is 9.47 Å². The number of ketones is 1. The van der Waals surface area contributed by atoms with E-state index < -0.39 is 17.7 Å². The fraction of sp³-hybridized carbons (Fsp3) is 0.185. The van der Waals surface area contributed by atoms with E-state index in [4.69, 9.17) is 13.9 Å². The number of benzene rings is 2. The molecule has 1 saturated heterocycles. The number of furan rings is 1. The lowest BCUT2D eigenvalue weighted by Crippen LogP contribution is -2.31. The molecular weight excluding hydrogens is 448 g/mol. The highest BCUT2D eigenvalue weighted by molar-refractivity contribution is 6.46. The lowest BCUT2D eigenvalue weighted by atomic mass is 9.99. The summed E-state index contributed by atoms with van der Waals surface area (Å²) in [5, 5.41) is 12.1. The summed E-state index contributed by atoms with van der Waals surface area (Å²) in [4.78, 5) is 31.0. The van der Waals surface area contributed by atoms with Gasteiger partial charge in [0.25, 0.3) is 11.7 Å². The van der Waals surface area contributed by atoms with Crippen LogP contribution in [0.3, 0.4) is 0 Å². The monoisotopic (exact) mass is 472 g/mol. The number of fused-ring (bicyclic) bond motifs is 1. The normalized spacial score (nSPS) is 17.3. The second-order valence-electron chi connectivity index (χ2n) is 8.22. The largest absolute Gasteiger partial charge is 0.507 e. The number of aromatic nitrogens is 1. The van der Waals surface area contributed by atoms with Crippen LogP contribution in [0.5, 0.6) is 11.5 Å². The number of hydrogen-bond donors (Lipinski definition) is 2. The number of nitrogens with one attached hydrogen (secondary N) is 1. The minimum Gasteiger partial charge on any atom is -0.507 e. The van der Waals surface area contributed by atoms with Crippen LogP contribution in [0.4, 0.5) is 0 Å². The molecule has 1 amide bonds. The van der Waals surface area contributed by atoms with Gasteiger partial charge in [0.1, 0.15) is 29.1 Å². The summed E-state index contributed by atoms with van der Waals surface area (Å²) in [5.74, 6) is -0.0712. The minimum atomic E-state index is -0.851. The molecule has 1 aliphatic heterocycles. The fourth-order valence-electron chi connectivity index (χ4n) is 4.51. The number of rotatable bonds is 7. The molecule has 5 rings (SSSR count). The highest BCUT2D eigenvalue weighted by atomic mass is 16.5. The number of nitrogens with zero attached hydrogens (tertiary/aromatic N) is 1. The Labute approximate surface area is 201 Å². The molecule has 8 nitrogen and oxygen atoms in total. The number of hydrogen-bond acceptors (Lipinski definition) is 6. The topological polar surface area (TPSA) is 105 Å². The summed E-state index contributed by atoms with van der Waals surface area (Å²) < 4.78 is 16.2. The number of methoxy groups -OCH3 is 2. The van der Waals surface area contributed by atoms with Crippen molar-refractivity contribution in [3.8, 4) is 11.5 Å². The third-order valence-corrected chi connectivity index (χ3v) is 6.29. The predicted molar refractivity (Wildman–Crippen MR) is 129 cm³/mol. The first-order chi connectivity index (χ1) is 17.0. The Morgan fingerprint density at radius 2 is 1.86 bits per heavy atom. The Morgan fingerprint density at radius 3 is 2.60 bits per heavy atom. The van der Waals surface area contributed by atoms with Gasteiger partial charge in [0.15, 0.2) is 0 Å². The number of aromatic amines is 1. The zero-order valence-corrected chi connectivity index (χ0v) is 19.3. The Kier molecular flexibility index (Phi) is 5.78. The molecule has 8 heteroatoms. The second-order valence-corrected chi connectivity index (χ2v) is 8.22. The van der Waals surface area contributed by atoms with Crippen molar-refractivity contribution in [2.45, 2.75) is 12.5 Å². The van der Waals surface area contributed by atoms with Crippen molar-refractivity contribution in [2.75, 3.05) is 20.8 Å². The van der Waals surface area contributed by atoms with Crippen molar-refractivity contribution >= 4 is 28.4 Å². The second kappa shape index (κ2) is 9.06. The van der Waals surface area contributed by atoms with Crippen LogP contribution in [0.15, 0.2) is 77.0 Å². The highest BCUT2D eigenvalue weighted by Crippen LogP contribution is 2.40. The molecule has 1 aliphatic rings. The number of likely N-dealkylation sites (tertiary alicyclic amines) is 1. The van der Waals surface area contributed by atoms with Gasteiger partial charge in [-0.15, -0.1) is 0 Å². The van der Waals surface area contributed by atoms with Crippen molar-refractivity contribution in [3.63, 3.8) is 0 Å². The third-order valence-electron chi connectivity index (χ3n) is 6.29. The molecule has 178 valence electrons. The molecule has 35 heavy (non-hydrogen) atoms. The Balaban J connectivity index is 1.52. The zero-order chi connectivity index (χ0) is 24.5. The molecule has 2 aromatic heterocycles. The van der Waals surface area contributed by atoms with E-state index in [1.54, 1.807) is 43.5 Å². The highest BCUT2D eigenvalue weighted by Gasteiger charge is 2.47. The molecule has 0 radical (unpaired) electrons. The Morgan fingerprint density at radius 1 is 1.06 bits per heavy atom. The Hall–Kier alpha value is -4.46. The van der Waals surface area contributed by atoms with Gasteiger partial charge in [-0.3, -0.25) is 9.59 Å². The molecule has 3 heterocycles. The van der Waals surface area contributed by atoms with Gasteiger partial charge >= 0.3 is 0 Å². The first-order valence-electron chi connectivity index (χ1n) is 11.1. The van der Waals surface area contributed by atoms with Crippen LogP contribution in [0.2, 0.25) is 0 Å². The Bertz CT molecular complexity index is 1430. The summed E-state index contributed by atoms with van der Waals surface area (Å²) in [6.45, 7) is 0.245. The molecule has 0 bridgehead atoms. The van der Waals surface area contributed by atoms with E-state index in [0.717, 1.165) is 22.2 Å². The summed E-state index contributed by atoms with van der Waals surface area (Å²) in [6.07, 6.45) is 3.85. The number of carbonyl (C=O) groups excluding carboxylic acids is 2. The molecule has 2 aromatic carbocycles. The number of aliphatic hydroxyl groups is 1. The average molecular weight is 472 g/mol. The molecule has 2 N–H and O–H groups in total. The van der Waals surface area contributed by atoms with Crippen LogP contribution in [0.1, 0.15) is 22.9 Å². The summed E-state index contributed by atoms with van der Waals surface area (Å²) in [7, 11) is 3.12. The number of ether oxygens (including phenoxy) is 2. The minimum absolute atomic E-state index is 0.0150. The smallest absolute Gasteiger partial charge is 0.295 e. The average Bonchev–Trinajstić information content (AvgIpc) is 3.61. The first-order valence-corrected chi connectivity index (χ1v) is 11.1. The first kappa shape index (κ1) is 22.3. The van der Waals surface area contributed by atoms with E-state index in [9.17, 15) is 14.7 Å². The van der Waals surface area contributed by atoms with Gasteiger partial charge in [-0.1, -0.05) is 12.1 Å². The number of Topliss-reactive ketones (excluding diaryl/α,β-unsaturated/α-hetero) is 1. The number of aliphatic hydroxyl groups excluding tert-OH is 1. The van der Waals surface area contributed by atoms with Crippen LogP contribution in [-0.2, 0) is 16.0 Å². The number of amides is 1. The maximum absolute atomic E-state index is 13.1. The van der Waals surface area contributed by atoms with E-state index in [2.05, 4.69) is 4.98 Å². The lowest BCUT2D eigenvalue weighted by Gasteiger charge is -2.23. The molecule has 0 saturated carbocycles. The molecule has 4 aromatic rings. The molecule has 1 atom stereocenters. The van der Waals surface area contributed by atoms with Crippen LogP contribution in [0.25, 0.3) is 16.7 Å². The SMILES string of the molecule is COc1cccc(/C(O)=C2/C(=O)C(=O)N(CCc3c[nH]c4ccc(OC)cc34)C2c2ccco2)c1.